The Morgan fingerprint density at radius 3 is 2.36 bits per heavy atom. The number of hydrogen-bond donors (Lipinski definition) is 2. The van der Waals surface area contributed by atoms with Crippen LogP contribution < -0.4 is 10.6 Å². The van der Waals surface area contributed by atoms with Gasteiger partial charge in [0.2, 0.25) is 11.7 Å². The first-order valence-corrected chi connectivity index (χ1v) is 12.5. The third-order valence-corrected chi connectivity index (χ3v) is 7.22. The van der Waals surface area contributed by atoms with E-state index in [2.05, 4.69) is 20.5 Å². The van der Waals surface area contributed by atoms with Gasteiger partial charge >= 0.3 is 0 Å². The van der Waals surface area contributed by atoms with E-state index in [1.54, 1.807) is 18.2 Å². The number of nitrogens with zero attached hydrogens (tertiary/aromatic N) is 2. The van der Waals surface area contributed by atoms with Crippen LogP contribution in [0.15, 0.2) is 47.0 Å². The van der Waals surface area contributed by atoms with Crippen molar-refractivity contribution in [3.63, 3.8) is 0 Å². The molecule has 0 bridgehead atoms. The average molecular weight is 554 g/mol. The molecule has 2 aromatic heterocycles. The van der Waals surface area contributed by atoms with Crippen LogP contribution in [0.5, 0.6) is 0 Å². The summed E-state index contributed by atoms with van der Waals surface area (Å²) >= 11 is 5.88. The molecule has 1 saturated heterocycles. The highest BCUT2D eigenvalue weighted by atomic mass is 35.5. The Morgan fingerprint density at radius 1 is 0.944 bits per heavy atom. The Kier molecular flexibility index (Phi) is 10.0. The van der Waals surface area contributed by atoms with Gasteiger partial charge in [0, 0.05) is 23.5 Å². The molecule has 2 fully saturated rings. The van der Waals surface area contributed by atoms with Gasteiger partial charge in [0.1, 0.15) is 17.1 Å². The van der Waals surface area contributed by atoms with Gasteiger partial charge < -0.3 is 20.0 Å². The quantitative estimate of drug-likeness (QED) is 0.374. The maximum absolute atomic E-state index is 13.2. The van der Waals surface area contributed by atoms with Crippen molar-refractivity contribution < 1.29 is 14.0 Å². The topological polar surface area (TPSA) is 87.5 Å². The minimum absolute atomic E-state index is 0. The SMILES string of the molecule is Cl.Cl.O=C(Nc1ccc(Cl)cn1)c1oc2ccccc2c1NC(=O)C1CCC(N2CCCCC2)CC1. The normalized spacial score (nSPS) is 20.1. The molecule has 1 saturated carbocycles. The number of furan rings is 1. The molecule has 1 aromatic carbocycles. The fourth-order valence-electron chi connectivity index (χ4n) is 5.16. The molecule has 3 aromatic rings. The molecule has 0 atom stereocenters. The zero-order valence-electron chi connectivity index (χ0n) is 19.9. The molecule has 2 amide bonds. The number of carbonyl (C=O) groups excluding carboxylic acids is 2. The minimum Gasteiger partial charge on any atom is -0.449 e. The Labute approximate surface area is 228 Å². The molecular weight excluding hydrogens is 523 g/mol. The maximum Gasteiger partial charge on any atom is 0.294 e. The first-order valence-electron chi connectivity index (χ1n) is 12.1. The van der Waals surface area contributed by atoms with Crippen LogP contribution in [0.1, 0.15) is 55.5 Å². The molecule has 0 spiro atoms. The van der Waals surface area contributed by atoms with Crippen molar-refractivity contribution in [1.29, 1.82) is 0 Å². The molecule has 0 radical (unpaired) electrons. The van der Waals surface area contributed by atoms with Gasteiger partial charge in [0.15, 0.2) is 0 Å². The first-order chi connectivity index (χ1) is 16.6. The summed E-state index contributed by atoms with van der Waals surface area (Å²) in [7, 11) is 0. The second-order valence-corrected chi connectivity index (χ2v) is 9.65. The molecule has 2 N–H and O–H groups in total. The molecule has 36 heavy (non-hydrogen) atoms. The molecule has 194 valence electrons. The monoisotopic (exact) mass is 552 g/mol. The van der Waals surface area contributed by atoms with E-state index >= 15 is 0 Å². The predicted octanol–water partition coefficient (Wildman–Crippen LogP) is 6.56. The molecule has 5 rings (SSSR count). The van der Waals surface area contributed by atoms with Gasteiger partial charge in [-0.3, -0.25) is 9.59 Å². The van der Waals surface area contributed by atoms with Crippen LogP contribution in [0.25, 0.3) is 11.0 Å². The summed E-state index contributed by atoms with van der Waals surface area (Å²) in [5.74, 6) is -0.183. The summed E-state index contributed by atoms with van der Waals surface area (Å²) in [6.07, 6.45) is 9.15. The Balaban J connectivity index is 0.00000180. The van der Waals surface area contributed by atoms with Gasteiger partial charge in [-0.25, -0.2) is 4.98 Å². The number of para-hydroxylation sites is 1. The number of benzene rings is 1. The molecule has 1 aliphatic carbocycles. The van der Waals surface area contributed by atoms with Crippen molar-refractivity contribution in [3.8, 4) is 0 Å². The summed E-state index contributed by atoms with van der Waals surface area (Å²) in [6, 6.07) is 11.2. The Bertz CT molecular complexity index is 1170. The third-order valence-electron chi connectivity index (χ3n) is 6.99. The lowest BCUT2D eigenvalue weighted by Crippen LogP contribution is -2.42. The molecular formula is C26H31Cl3N4O3. The number of carbonyl (C=O) groups is 2. The number of aromatic nitrogens is 1. The van der Waals surface area contributed by atoms with E-state index in [4.69, 9.17) is 16.0 Å². The number of rotatable bonds is 5. The first kappa shape index (κ1) is 28.3. The van der Waals surface area contributed by atoms with Crippen LogP contribution in [0, 0.1) is 5.92 Å². The zero-order chi connectivity index (χ0) is 23.5. The smallest absolute Gasteiger partial charge is 0.294 e. The highest BCUT2D eigenvalue weighted by molar-refractivity contribution is 6.30. The third kappa shape index (κ3) is 6.32. The second-order valence-electron chi connectivity index (χ2n) is 9.21. The van der Waals surface area contributed by atoms with Gasteiger partial charge in [-0.05, 0) is 75.9 Å². The lowest BCUT2D eigenvalue weighted by Gasteiger charge is -2.38. The number of anilines is 2. The van der Waals surface area contributed by atoms with Crippen LogP contribution in [0.3, 0.4) is 0 Å². The van der Waals surface area contributed by atoms with Crippen LogP contribution in [0.2, 0.25) is 5.02 Å². The predicted molar refractivity (Wildman–Crippen MR) is 148 cm³/mol. The summed E-state index contributed by atoms with van der Waals surface area (Å²) in [5, 5.41) is 6.92. The molecule has 3 heterocycles. The van der Waals surface area contributed by atoms with E-state index in [9.17, 15) is 9.59 Å². The fraction of sp³-hybridized carbons (Fsp3) is 0.423. The number of hydrogen-bond acceptors (Lipinski definition) is 5. The Hall–Kier alpha value is -2.32. The van der Waals surface area contributed by atoms with Gasteiger partial charge in [-0.15, -0.1) is 24.8 Å². The molecule has 0 unspecified atom stereocenters. The lowest BCUT2D eigenvalue weighted by atomic mass is 9.84. The highest BCUT2D eigenvalue weighted by Gasteiger charge is 2.31. The van der Waals surface area contributed by atoms with E-state index in [1.807, 2.05) is 18.2 Å². The molecule has 2 aliphatic rings. The minimum atomic E-state index is -0.477. The van der Waals surface area contributed by atoms with Crippen LogP contribution in [-0.4, -0.2) is 40.8 Å². The lowest BCUT2D eigenvalue weighted by molar-refractivity contribution is -0.121. The zero-order valence-corrected chi connectivity index (χ0v) is 22.3. The number of likely N-dealkylation sites (tertiary alicyclic amines) is 1. The van der Waals surface area contributed by atoms with E-state index in [-0.39, 0.29) is 42.4 Å². The van der Waals surface area contributed by atoms with E-state index in [1.165, 1.54) is 38.5 Å². The average Bonchev–Trinajstić information content (AvgIpc) is 3.24. The van der Waals surface area contributed by atoms with Crippen molar-refractivity contribution in [2.24, 2.45) is 5.92 Å². The van der Waals surface area contributed by atoms with Gasteiger partial charge in [0.25, 0.3) is 5.91 Å². The number of amides is 2. The van der Waals surface area contributed by atoms with Crippen molar-refractivity contribution in [2.45, 2.75) is 51.0 Å². The van der Waals surface area contributed by atoms with Crippen LogP contribution >= 0.6 is 36.4 Å². The summed E-state index contributed by atoms with van der Waals surface area (Å²) < 4.78 is 5.85. The van der Waals surface area contributed by atoms with Gasteiger partial charge in [0.05, 0.1) is 5.02 Å². The van der Waals surface area contributed by atoms with Gasteiger partial charge in [-0.2, -0.15) is 0 Å². The highest BCUT2D eigenvalue weighted by Crippen LogP contribution is 2.34. The van der Waals surface area contributed by atoms with Crippen LogP contribution in [-0.2, 0) is 4.79 Å². The standard InChI is InChI=1S/C26H29ClN4O3.2ClH/c27-18-10-13-22(28-16-18)29-26(33)24-23(20-6-2-3-7-21(20)34-24)30-25(32)17-8-11-19(12-9-17)31-14-4-1-5-15-31;;/h2-3,6-7,10,13,16-17,19H,1,4-5,8-9,11-12,14-15H2,(H,30,32)(H,28,29,33);2*1H. The Morgan fingerprint density at radius 2 is 1.67 bits per heavy atom. The number of fused-ring (bicyclic) bond motifs is 1. The summed E-state index contributed by atoms with van der Waals surface area (Å²) in [5.41, 5.74) is 0.950. The van der Waals surface area contributed by atoms with E-state index in [0.717, 1.165) is 25.7 Å². The second kappa shape index (κ2) is 12.8. The number of piperidine rings is 1. The van der Waals surface area contributed by atoms with E-state index in [0.29, 0.717) is 33.5 Å². The maximum atomic E-state index is 13.2. The number of pyridine rings is 1. The van der Waals surface area contributed by atoms with Crippen LogP contribution in [0.4, 0.5) is 11.5 Å². The molecule has 10 heteroatoms. The molecule has 1 aliphatic heterocycles. The van der Waals surface area contributed by atoms with Crippen molar-refractivity contribution in [3.05, 3.63) is 53.4 Å². The summed E-state index contributed by atoms with van der Waals surface area (Å²) in [4.78, 5) is 33.0. The van der Waals surface area contributed by atoms with Gasteiger partial charge in [-0.1, -0.05) is 30.2 Å². The fourth-order valence-corrected chi connectivity index (χ4v) is 5.28. The van der Waals surface area contributed by atoms with Crippen molar-refractivity contribution >= 4 is 70.7 Å². The number of halogens is 3. The largest absolute Gasteiger partial charge is 0.449 e. The van der Waals surface area contributed by atoms with E-state index < -0.39 is 5.91 Å². The summed E-state index contributed by atoms with van der Waals surface area (Å²) in [6.45, 7) is 2.37. The number of nitrogens with one attached hydrogen (secondary N) is 2. The van der Waals surface area contributed by atoms with Crippen molar-refractivity contribution in [2.75, 3.05) is 23.7 Å². The van der Waals surface area contributed by atoms with Crippen molar-refractivity contribution in [1.82, 2.24) is 9.88 Å². The molecule has 7 nitrogen and oxygen atoms in total.